The third kappa shape index (κ3) is 2.78. The van der Waals surface area contributed by atoms with Crippen molar-refractivity contribution in [1.29, 1.82) is 0 Å². The highest BCUT2D eigenvalue weighted by molar-refractivity contribution is 5.80. The maximum absolute atomic E-state index is 12.8. The number of hydrogen-bond donors (Lipinski definition) is 0. The van der Waals surface area contributed by atoms with Crippen molar-refractivity contribution in [3.63, 3.8) is 0 Å². The third-order valence-electron chi connectivity index (χ3n) is 5.39. The monoisotopic (exact) mass is 305 g/mol. The van der Waals surface area contributed by atoms with Crippen molar-refractivity contribution >= 4 is 5.91 Å². The highest BCUT2D eigenvalue weighted by atomic mass is 16.5. The quantitative estimate of drug-likeness (QED) is 0.856. The summed E-state index contributed by atoms with van der Waals surface area (Å²) < 4.78 is 5.19. The average molecular weight is 305 g/mol. The Morgan fingerprint density at radius 3 is 2.64 bits per heavy atom. The molecular weight excluding hydrogens is 278 g/mol. The smallest absolute Gasteiger partial charge is 0.227 e. The summed E-state index contributed by atoms with van der Waals surface area (Å²) in [5.41, 5.74) is 1.81. The van der Waals surface area contributed by atoms with Gasteiger partial charge in [0.15, 0.2) is 0 Å². The van der Waals surface area contributed by atoms with Crippen molar-refractivity contribution in [1.82, 2.24) is 15.0 Å². The standard InChI is InChI=1S/C17H27N3O2/c1-4-19-9-5-7-15(19)16-8-6-10-20(16)17(21)11-14-12(2)18-22-13(14)3/h15-16H,4-11H2,1-3H3/t15-,16+/m0/s1. The summed E-state index contributed by atoms with van der Waals surface area (Å²) in [6.45, 7) is 9.21. The summed E-state index contributed by atoms with van der Waals surface area (Å²) in [4.78, 5) is 17.5. The van der Waals surface area contributed by atoms with Crippen LogP contribution in [0.1, 0.15) is 49.6 Å². The largest absolute Gasteiger partial charge is 0.361 e. The Balaban J connectivity index is 1.71. The zero-order chi connectivity index (χ0) is 15.7. The van der Waals surface area contributed by atoms with Crippen molar-refractivity contribution in [2.45, 2.75) is 65.0 Å². The van der Waals surface area contributed by atoms with Gasteiger partial charge in [0.05, 0.1) is 12.1 Å². The molecule has 22 heavy (non-hydrogen) atoms. The van der Waals surface area contributed by atoms with Gasteiger partial charge in [0, 0.05) is 24.2 Å². The van der Waals surface area contributed by atoms with Gasteiger partial charge in [-0.1, -0.05) is 12.1 Å². The van der Waals surface area contributed by atoms with Gasteiger partial charge < -0.3 is 9.42 Å². The summed E-state index contributed by atoms with van der Waals surface area (Å²) in [5, 5.41) is 3.96. The van der Waals surface area contributed by atoms with Gasteiger partial charge in [-0.15, -0.1) is 0 Å². The van der Waals surface area contributed by atoms with Crippen LogP contribution in [0.4, 0.5) is 0 Å². The van der Waals surface area contributed by atoms with Gasteiger partial charge in [0.25, 0.3) is 0 Å². The summed E-state index contributed by atoms with van der Waals surface area (Å²) >= 11 is 0. The fourth-order valence-electron chi connectivity index (χ4n) is 4.19. The van der Waals surface area contributed by atoms with E-state index >= 15 is 0 Å². The second kappa shape index (κ2) is 6.41. The van der Waals surface area contributed by atoms with E-state index in [4.69, 9.17) is 4.52 Å². The van der Waals surface area contributed by atoms with Crippen LogP contribution in [0.3, 0.4) is 0 Å². The highest BCUT2D eigenvalue weighted by Gasteiger charge is 2.39. The number of aryl methyl sites for hydroxylation is 2. The molecule has 5 heteroatoms. The van der Waals surface area contributed by atoms with Crippen LogP contribution in [-0.4, -0.2) is 52.6 Å². The molecule has 2 fully saturated rings. The Kier molecular flexibility index (Phi) is 4.52. The Morgan fingerprint density at radius 2 is 1.95 bits per heavy atom. The van der Waals surface area contributed by atoms with Crippen LogP contribution in [0.5, 0.6) is 0 Å². The van der Waals surface area contributed by atoms with Crippen LogP contribution in [0.15, 0.2) is 4.52 Å². The highest BCUT2D eigenvalue weighted by Crippen LogP contribution is 2.30. The first-order chi connectivity index (χ1) is 10.6. The number of likely N-dealkylation sites (N-methyl/N-ethyl adjacent to an activating group) is 1. The van der Waals surface area contributed by atoms with E-state index in [-0.39, 0.29) is 5.91 Å². The molecule has 2 aliphatic rings. The molecule has 2 saturated heterocycles. The molecule has 0 unspecified atom stereocenters. The SMILES string of the molecule is CCN1CCC[C@H]1[C@H]1CCCN1C(=O)Cc1c(C)noc1C. The number of aromatic nitrogens is 1. The molecular formula is C17H27N3O2. The zero-order valence-corrected chi connectivity index (χ0v) is 14.0. The van der Waals surface area contributed by atoms with Crippen molar-refractivity contribution < 1.29 is 9.32 Å². The average Bonchev–Trinajstić information content (AvgIpc) is 3.21. The summed E-state index contributed by atoms with van der Waals surface area (Å²) in [6, 6.07) is 0.955. The van der Waals surface area contributed by atoms with Crippen molar-refractivity contribution in [2.24, 2.45) is 0 Å². The molecule has 0 radical (unpaired) electrons. The van der Waals surface area contributed by atoms with Gasteiger partial charge in [-0.2, -0.15) is 0 Å². The van der Waals surface area contributed by atoms with E-state index in [0.29, 0.717) is 18.5 Å². The second-order valence-corrected chi connectivity index (χ2v) is 6.61. The van der Waals surface area contributed by atoms with Crippen LogP contribution in [0, 0.1) is 13.8 Å². The Bertz CT molecular complexity index is 521. The third-order valence-corrected chi connectivity index (χ3v) is 5.39. The fourth-order valence-corrected chi connectivity index (χ4v) is 4.19. The number of rotatable bonds is 4. The zero-order valence-electron chi connectivity index (χ0n) is 14.0. The molecule has 5 nitrogen and oxygen atoms in total. The number of likely N-dealkylation sites (tertiary alicyclic amines) is 2. The molecule has 0 aromatic carbocycles. The van der Waals surface area contributed by atoms with Gasteiger partial charge in [-0.25, -0.2) is 0 Å². The first-order valence-corrected chi connectivity index (χ1v) is 8.57. The molecule has 1 aromatic rings. The molecule has 0 aliphatic carbocycles. The number of carbonyl (C=O) groups excluding carboxylic acids is 1. The Morgan fingerprint density at radius 1 is 1.23 bits per heavy atom. The van der Waals surface area contributed by atoms with Crippen LogP contribution < -0.4 is 0 Å². The topological polar surface area (TPSA) is 49.6 Å². The minimum absolute atomic E-state index is 0.236. The molecule has 0 N–H and O–H groups in total. The molecule has 3 rings (SSSR count). The van der Waals surface area contributed by atoms with Gasteiger partial charge >= 0.3 is 0 Å². The van der Waals surface area contributed by atoms with E-state index < -0.39 is 0 Å². The minimum Gasteiger partial charge on any atom is -0.361 e. The number of hydrogen-bond acceptors (Lipinski definition) is 4. The van der Waals surface area contributed by atoms with E-state index in [0.717, 1.165) is 42.9 Å². The lowest BCUT2D eigenvalue weighted by Gasteiger charge is -2.34. The Hall–Kier alpha value is -1.36. The predicted octanol–water partition coefficient (Wildman–Crippen LogP) is 2.31. The van der Waals surface area contributed by atoms with Gasteiger partial charge in [0.1, 0.15) is 5.76 Å². The Labute approximate surface area is 132 Å². The van der Waals surface area contributed by atoms with Crippen LogP contribution >= 0.6 is 0 Å². The van der Waals surface area contributed by atoms with E-state index in [1.807, 2.05) is 13.8 Å². The van der Waals surface area contributed by atoms with E-state index in [1.54, 1.807) is 0 Å². The predicted molar refractivity (Wildman–Crippen MR) is 84.7 cm³/mol. The lowest BCUT2D eigenvalue weighted by molar-refractivity contribution is -0.132. The van der Waals surface area contributed by atoms with E-state index in [9.17, 15) is 4.79 Å². The van der Waals surface area contributed by atoms with Crippen LogP contribution in [0.25, 0.3) is 0 Å². The molecule has 2 atom stereocenters. The number of nitrogens with zero attached hydrogens (tertiary/aromatic N) is 3. The molecule has 3 heterocycles. The van der Waals surface area contributed by atoms with E-state index in [2.05, 4.69) is 21.9 Å². The second-order valence-electron chi connectivity index (χ2n) is 6.61. The molecule has 0 bridgehead atoms. The summed E-state index contributed by atoms with van der Waals surface area (Å²) in [6.07, 6.45) is 5.20. The fraction of sp³-hybridized carbons (Fsp3) is 0.765. The van der Waals surface area contributed by atoms with Gasteiger partial charge in [-0.3, -0.25) is 9.69 Å². The normalized spacial score (nSPS) is 26.0. The maximum Gasteiger partial charge on any atom is 0.227 e. The lowest BCUT2D eigenvalue weighted by atomic mass is 10.0. The van der Waals surface area contributed by atoms with Crippen LogP contribution in [-0.2, 0) is 11.2 Å². The molecule has 0 spiro atoms. The maximum atomic E-state index is 12.8. The number of carbonyl (C=O) groups is 1. The first-order valence-electron chi connectivity index (χ1n) is 8.57. The summed E-state index contributed by atoms with van der Waals surface area (Å²) in [7, 11) is 0. The molecule has 0 saturated carbocycles. The van der Waals surface area contributed by atoms with Crippen molar-refractivity contribution in [3.05, 3.63) is 17.0 Å². The molecule has 1 aromatic heterocycles. The molecule has 122 valence electrons. The summed E-state index contributed by atoms with van der Waals surface area (Å²) in [5.74, 6) is 1.01. The van der Waals surface area contributed by atoms with Crippen LogP contribution in [0.2, 0.25) is 0 Å². The van der Waals surface area contributed by atoms with Gasteiger partial charge in [0.2, 0.25) is 5.91 Å². The van der Waals surface area contributed by atoms with Crippen molar-refractivity contribution in [3.8, 4) is 0 Å². The minimum atomic E-state index is 0.236. The van der Waals surface area contributed by atoms with Crippen molar-refractivity contribution in [2.75, 3.05) is 19.6 Å². The van der Waals surface area contributed by atoms with E-state index in [1.165, 1.54) is 19.4 Å². The van der Waals surface area contributed by atoms with Gasteiger partial charge in [-0.05, 0) is 52.6 Å². The first kappa shape index (κ1) is 15.5. The molecule has 2 aliphatic heterocycles. The lowest BCUT2D eigenvalue weighted by Crippen LogP contribution is -2.48. The number of amides is 1. The molecule has 1 amide bonds.